The Balaban J connectivity index is 1.85. The Kier molecular flexibility index (Phi) is 8.15. The minimum atomic E-state index is -0.969. The Bertz CT molecular complexity index is 1200. The van der Waals surface area contributed by atoms with Crippen molar-refractivity contribution < 1.29 is 19.1 Å². The van der Waals surface area contributed by atoms with Crippen molar-refractivity contribution in [2.24, 2.45) is 0 Å². The number of amides is 2. The Morgan fingerprint density at radius 2 is 1.78 bits per heavy atom. The van der Waals surface area contributed by atoms with E-state index in [9.17, 15) is 9.59 Å². The molecule has 0 saturated heterocycles. The number of ether oxygens (including phenoxy) is 2. The number of hydrogen-bond donors (Lipinski definition) is 1. The molecule has 2 aromatic carbocycles. The molecule has 1 saturated carbocycles. The highest BCUT2D eigenvalue weighted by Gasteiger charge is 2.36. The molecule has 1 heterocycles. The van der Waals surface area contributed by atoms with Gasteiger partial charge in [-0.1, -0.05) is 37.5 Å². The largest absolute Gasteiger partial charge is 0.493 e. The molecule has 1 aliphatic carbocycles. The number of nitrogens with zero attached hydrogens (tertiary/aromatic N) is 3. The summed E-state index contributed by atoms with van der Waals surface area (Å²) < 4.78 is 10.9. The Hall–Kier alpha value is -3.94. The van der Waals surface area contributed by atoms with Crippen LogP contribution in [0, 0.1) is 6.92 Å². The molecule has 1 aromatic heterocycles. The third-order valence-corrected chi connectivity index (χ3v) is 6.46. The van der Waals surface area contributed by atoms with Crippen molar-refractivity contribution in [2.75, 3.05) is 19.1 Å². The highest BCUT2D eigenvalue weighted by molar-refractivity contribution is 6.09. The fraction of sp³-hybridized carbons (Fsp3) is 0.357. The molecule has 0 unspecified atom stereocenters. The maximum absolute atomic E-state index is 14.0. The second-order valence-corrected chi connectivity index (χ2v) is 8.97. The lowest BCUT2D eigenvalue weighted by atomic mass is 9.94. The minimum Gasteiger partial charge on any atom is -0.493 e. The summed E-state index contributed by atoms with van der Waals surface area (Å²) in [5.41, 5.74) is 2.29. The van der Waals surface area contributed by atoms with Gasteiger partial charge < -0.3 is 14.8 Å². The van der Waals surface area contributed by atoms with E-state index in [1.807, 2.05) is 31.2 Å². The molecule has 3 aromatic rings. The normalized spacial score (nSPS) is 14.5. The van der Waals surface area contributed by atoms with Crippen LogP contribution in [-0.2, 0) is 4.79 Å². The predicted octanol–water partition coefficient (Wildman–Crippen LogP) is 4.64. The van der Waals surface area contributed by atoms with Crippen LogP contribution in [0.1, 0.15) is 59.8 Å². The zero-order valence-corrected chi connectivity index (χ0v) is 20.9. The fourth-order valence-electron chi connectivity index (χ4n) is 4.66. The second kappa shape index (κ2) is 11.7. The molecular weight excluding hydrogens is 456 g/mol. The number of aryl methyl sites for hydroxylation is 1. The molecule has 0 radical (unpaired) electrons. The Morgan fingerprint density at radius 1 is 1.00 bits per heavy atom. The van der Waals surface area contributed by atoms with Gasteiger partial charge in [0.1, 0.15) is 11.7 Å². The van der Waals surface area contributed by atoms with Crippen molar-refractivity contribution in [1.82, 2.24) is 15.3 Å². The molecule has 0 bridgehead atoms. The smallest absolute Gasteiger partial charge is 0.279 e. The third kappa shape index (κ3) is 5.64. The average molecular weight is 489 g/mol. The van der Waals surface area contributed by atoms with Gasteiger partial charge in [-0.3, -0.25) is 19.5 Å². The van der Waals surface area contributed by atoms with Crippen LogP contribution in [0.2, 0.25) is 0 Å². The van der Waals surface area contributed by atoms with Crippen LogP contribution in [0.25, 0.3) is 0 Å². The minimum absolute atomic E-state index is 0.0693. The van der Waals surface area contributed by atoms with E-state index in [-0.39, 0.29) is 17.6 Å². The summed E-state index contributed by atoms with van der Waals surface area (Å²) in [6.45, 7) is 1.95. The van der Waals surface area contributed by atoms with Crippen LogP contribution >= 0.6 is 0 Å². The van der Waals surface area contributed by atoms with Crippen molar-refractivity contribution in [1.29, 1.82) is 0 Å². The SMILES string of the molecule is COc1ccc([C@H](C(=O)NC2CCCCC2)N(C(=O)c2cnccn2)c2cccc(C)c2)cc1OC. The van der Waals surface area contributed by atoms with Gasteiger partial charge in [0.05, 0.1) is 20.4 Å². The summed E-state index contributed by atoms with van der Waals surface area (Å²) in [6.07, 6.45) is 9.56. The van der Waals surface area contributed by atoms with Crippen LogP contribution in [0.5, 0.6) is 11.5 Å². The summed E-state index contributed by atoms with van der Waals surface area (Å²) in [6, 6.07) is 11.9. The summed E-state index contributed by atoms with van der Waals surface area (Å²) in [5, 5.41) is 3.21. The number of rotatable bonds is 8. The van der Waals surface area contributed by atoms with Crippen LogP contribution in [-0.4, -0.2) is 42.0 Å². The van der Waals surface area contributed by atoms with Crippen LogP contribution in [0.3, 0.4) is 0 Å². The first-order chi connectivity index (χ1) is 17.5. The molecule has 8 nitrogen and oxygen atoms in total. The van der Waals surface area contributed by atoms with Crippen molar-refractivity contribution in [2.45, 2.75) is 51.1 Å². The third-order valence-electron chi connectivity index (χ3n) is 6.46. The van der Waals surface area contributed by atoms with E-state index >= 15 is 0 Å². The summed E-state index contributed by atoms with van der Waals surface area (Å²) >= 11 is 0. The van der Waals surface area contributed by atoms with Gasteiger partial charge in [0, 0.05) is 24.1 Å². The summed E-state index contributed by atoms with van der Waals surface area (Å²) in [4.78, 5) is 37.7. The number of methoxy groups -OCH3 is 2. The van der Waals surface area contributed by atoms with Crippen molar-refractivity contribution in [3.8, 4) is 11.5 Å². The quantitative estimate of drug-likeness (QED) is 0.497. The van der Waals surface area contributed by atoms with E-state index in [1.165, 1.54) is 29.9 Å². The van der Waals surface area contributed by atoms with Gasteiger partial charge in [-0.25, -0.2) is 4.98 Å². The monoisotopic (exact) mass is 488 g/mol. The highest BCUT2D eigenvalue weighted by Crippen LogP contribution is 2.35. The van der Waals surface area contributed by atoms with E-state index in [2.05, 4.69) is 15.3 Å². The topological polar surface area (TPSA) is 93.7 Å². The maximum Gasteiger partial charge on any atom is 0.279 e. The predicted molar refractivity (Wildman–Crippen MR) is 137 cm³/mol. The zero-order valence-electron chi connectivity index (χ0n) is 20.9. The number of anilines is 1. The first-order valence-electron chi connectivity index (χ1n) is 12.2. The first kappa shape index (κ1) is 25.2. The molecule has 0 spiro atoms. The molecule has 0 aliphatic heterocycles. The van der Waals surface area contributed by atoms with Gasteiger partial charge in [0.15, 0.2) is 11.5 Å². The number of carbonyl (C=O) groups is 2. The number of aromatic nitrogens is 2. The summed E-state index contributed by atoms with van der Waals surface area (Å²) in [5.74, 6) is 0.330. The second-order valence-electron chi connectivity index (χ2n) is 8.97. The standard InChI is InChI=1S/C28H32N4O4/c1-19-8-7-11-22(16-19)32(28(34)23-18-29-14-15-30-23)26(27(33)31-21-9-5-4-6-10-21)20-12-13-24(35-2)25(17-20)36-3/h7-8,11-18,21,26H,4-6,9-10H2,1-3H3,(H,31,33)/t26-/m1/s1. The first-order valence-corrected chi connectivity index (χ1v) is 12.2. The van der Waals surface area contributed by atoms with E-state index in [4.69, 9.17) is 9.47 Å². The van der Waals surface area contributed by atoms with Gasteiger partial charge in [-0.15, -0.1) is 0 Å². The molecule has 8 heteroatoms. The molecule has 1 fully saturated rings. The molecule has 1 aliphatic rings. The number of benzene rings is 2. The molecular formula is C28H32N4O4. The molecule has 1 N–H and O–H groups in total. The Labute approximate surface area is 211 Å². The van der Waals surface area contributed by atoms with Crippen molar-refractivity contribution in [3.63, 3.8) is 0 Å². The van der Waals surface area contributed by atoms with Gasteiger partial charge in [-0.05, 0) is 55.2 Å². The van der Waals surface area contributed by atoms with Gasteiger partial charge >= 0.3 is 0 Å². The highest BCUT2D eigenvalue weighted by atomic mass is 16.5. The molecule has 2 amide bonds. The Morgan fingerprint density at radius 3 is 2.44 bits per heavy atom. The lowest BCUT2D eigenvalue weighted by Crippen LogP contribution is -2.47. The lowest BCUT2D eigenvalue weighted by molar-refractivity contribution is -0.123. The molecule has 188 valence electrons. The van der Waals surface area contributed by atoms with Gasteiger partial charge in [-0.2, -0.15) is 0 Å². The zero-order chi connectivity index (χ0) is 25.5. The molecule has 1 atom stereocenters. The lowest BCUT2D eigenvalue weighted by Gasteiger charge is -2.33. The van der Waals surface area contributed by atoms with Crippen molar-refractivity contribution in [3.05, 3.63) is 77.9 Å². The van der Waals surface area contributed by atoms with Gasteiger partial charge in [0.2, 0.25) is 5.91 Å². The van der Waals surface area contributed by atoms with E-state index in [1.54, 1.807) is 32.4 Å². The van der Waals surface area contributed by atoms with E-state index < -0.39 is 11.9 Å². The van der Waals surface area contributed by atoms with Crippen LogP contribution in [0.15, 0.2) is 61.1 Å². The average Bonchev–Trinajstić information content (AvgIpc) is 2.92. The molecule has 36 heavy (non-hydrogen) atoms. The fourth-order valence-corrected chi connectivity index (χ4v) is 4.66. The summed E-state index contributed by atoms with van der Waals surface area (Å²) in [7, 11) is 3.10. The van der Waals surface area contributed by atoms with Crippen LogP contribution in [0.4, 0.5) is 5.69 Å². The van der Waals surface area contributed by atoms with E-state index in [0.29, 0.717) is 22.7 Å². The number of nitrogens with one attached hydrogen (secondary N) is 1. The molecule has 4 rings (SSSR count). The maximum atomic E-state index is 14.0. The number of carbonyl (C=O) groups excluding carboxylic acids is 2. The van der Waals surface area contributed by atoms with Crippen molar-refractivity contribution >= 4 is 17.5 Å². The number of hydrogen-bond acceptors (Lipinski definition) is 6. The van der Waals surface area contributed by atoms with Gasteiger partial charge in [0.25, 0.3) is 5.91 Å². The van der Waals surface area contributed by atoms with E-state index in [0.717, 1.165) is 31.2 Å². The van der Waals surface area contributed by atoms with Crippen LogP contribution < -0.4 is 19.7 Å².